The minimum atomic E-state index is -0.292. The van der Waals surface area contributed by atoms with Crippen molar-refractivity contribution in [2.24, 2.45) is 17.3 Å². The number of hydrogen-bond donors (Lipinski definition) is 2. The standard InChI is InChI=1S/C26H28O5S/c1-14(27)31-22-10-9-21-23-19(11-12-26(21,22)2)18-8-5-16(29)13-20(18)24(30)25(23)32-17-6-3-15(28)4-7-17/h3-8,13,19,21-23,25,28-29H,9-12H2,1-2H3/t19-,21+,22?,23-,25?,26+/m1/s1. The molecule has 0 amide bonds. The summed E-state index contributed by atoms with van der Waals surface area (Å²) in [5.41, 5.74) is 1.52. The normalized spacial score (nSPS) is 33.2. The maximum Gasteiger partial charge on any atom is 0.302 e. The Morgan fingerprint density at radius 1 is 1.06 bits per heavy atom. The Hall–Kier alpha value is -2.47. The highest BCUT2D eigenvalue weighted by Gasteiger charge is 2.59. The van der Waals surface area contributed by atoms with E-state index in [0.717, 1.165) is 36.1 Å². The molecule has 6 atom stereocenters. The highest BCUT2D eigenvalue weighted by atomic mass is 32.2. The zero-order valence-corrected chi connectivity index (χ0v) is 19.1. The number of esters is 1. The second-order valence-corrected chi connectivity index (χ2v) is 10.9. The second-order valence-electron chi connectivity index (χ2n) is 9.68. The fourth-order valence-corrected chi connectivity index (χ4v) is 7.90. The number of carbonyl (C=O) groups is 2. The zero-order valence-electron chi connectivity index (χ0n) is 18.3. The van der Waals surface area contributed by atoms with E-state index in [4.69, 9.17) is 4.74 Å². The predicted octanol–water partition coefficient (Wildman–Crippen LogP) is 5.30. The minimum Gasteiger partial charge on any atom is -0.508 e. The number of Topliss-reactive ketones (excluding diaryl/α,β-unsaturated/α-hetero) is 1. The van der Waals surface area contributed by atoms with Crippen LogP contribution < -0.4 is 0 Å². The quantitative estimate of drug-likeness (QED) is 0.615. The first kappa shape index (κ1) is 21.4. The molecule has 0 aromatic heterocycles. The van der Waals surface area contributed by atoms with Crippen LogP contribution in [0.5, 0.6) is 11.5 Å². The van der Waals surface area contributed by atoms with Gasteiger partial charge in [0.1, 0.15) is 17.6 Å². The fourth-order valence-electron chi connectivity index (χ4n) is 6.54. The first-order valence-corrected chi connectivity index (χ1v) is 12.2. The number of ketones is 1. The summed E-state index contributed by atoms with van der Waals surface area (Å²) in [6.07, 6.45) is 3.52. The summed E-state index contributed by atoms with van der Waals surface area (Å²) >= 11 is 1.55. The van der Waals surface area contributed by atoms with Crippen LogP contribution in [0, 0.1) is 17.3 Å². The molecule has 0 aliphatic heterocycles. The van der Waals surface area contributed by atoms with Crippen molar-refractivity contribution < 1.29 is 24.5 Å². The van der Waals surface area contributed by atoms with Gasteiger partial charge in [-0.2, -0.15) is 0 Å². The lowest BCUT2D eigenvalue weighted by Gasteiger charge is -2.52. The third-order valence-electron chi connectivity index (χ3n) is 7.96. The summed E-state index contributed by atoms with van der Waals surface area (Å²) in [6.45, 7) is 3.70. The third-order valence-corrected chi connectivity index (χ3v) is 9.29. The van der Waals surface area contributed by atoms with Crippen molar-refractivity contribution in [2.75, 3.05) is 0 Å². The van der Waals surface area contributed by atoms with Crippen molar-refractivity contribution in [1.82, 2.24) is 0 Å². The van der Waals surface area contributed by atoms with E-state index in [2.05, 4.69) is 6.92 Å². The molecule has 5 rings (SSSR count). The van der Waals surface area contributed by atoms with E-state index < -0.39 is 0 Å². The number of hydrogen-bond acceptors (Lipinski definition) is 6. The Balaban J connectivity index is 1.57. The van der Waals surface area contributed by atoms with Gasteiger partial charge in [-0.3, -0.25) is 9.59 Å². The van der Waals surface area contributed by atoms with Gasteiger partial charge in [-0.05, 0) is 85.4 Å². The molecule has 3 aliphatic carbocycles. The lowest BCUT2D eigenvalue weighted by Crippen LogP contribution is -2.50. The number of fused-ring (bicyclic) bond motifs is 5. The molecule has 2 saturated carbocycles. The molecule has 2 fully saturated rings. The minimum absolute atomic E-state index is 0.0513. The Morgan fingerprint density at radius 3 is 2.50 bits per heavy atom. The molecular weight excluding hydrogens is 424 g/mol. The molecule has 5 nitrogen and oxygen atoms in total. The first-order chi connectivity index (χ1) is 15.3. The van der Waals surface area contributed by atoms with Crippen LogP contribution in [0.3, 0.4) is 0 Å². The SMILES string of the molecule is CC(=O)OC1CC[C@H]2[C@@H]3C(Sc4ccc(O)cc4)C(=O)c4cc(O)ccc4[C@H]3CC[C@]12C. The van der Waals surface area contributed by atoms with E-state index in [-0.39, 0.29) is 57.8 Å². The molecule has 0 radical (unpaired) electrons. The Kier molecular flexibility index (Phi) is 5.24. The molecule has 0 saturated heterocycles. The van der Waals surface area contributed by atoms with Gasteiger partial charge in [0.2, 0.25) is 0 Å². The van der Waals surface area contributed by atoms with Crippen LogP contribution in [0.25, 0.3) is 0 Å². The Bertz CT molecular complexity index is 1060. The lowest BCUT2D eigenvalue weighted by atomic mass is 9.55. The molecule has 0 bridgehead atoms. The van der Waals surface area contributed by atoms with Gasteiger partial charge in [-0.25, -0.2) is 0 Å². The Morgan fingerprint density at radius 2 is 1.78 bits per heavy atom. The number of phenolic OH excluding ortho intramolecular Hbond substituents is 2. The summed E-state index contributed by atoms with van der Waals surface area (Å²) in [5, 5.41) is 19.5. The summed E-state index contributed by atoms with van der Waals surface area (Å²) in [4.78, 5) is 26.5. The van der Waals surface area contributed by atoms with Gasteiger partial charge in [0.25, 0.3) is 0 Å². The first-order valence-electron chi connectivity index (χ1n) is 11.3. The largest absolute Gasteiger partial charge is 0.508 e. The summed E-state index contributed by atoms with van der Waals surface area (Å²) in [5.74, 6) is 0.740. The van der Waals surface area contributed by atoms with Gasteiger partial charge in [0.05, 0.1) is 5.25 Å². The molecule has 0 heterocycles. The van der Waals surface area contributed by atoms with E-state index in [0.29, 0.717) is 5.56 Å². The van der Waals surface area contributed by atoms with Crippen molar-refractivity contribution in [2.45, 2.75) is 61.7 Å². The van der Waals surface area contributed by atoms with Crippen molar-refractivity contribution in [1.29, 1.82) is 0 Å². The molecule has 2 aromatic carbocycles. The zero-order chi connectivity index (χ0) is 22.6. The fraction of sp³-hybridized carbons (Fsp3) is 0.462. The molecule has 32 heavy (non-hydrogen) atoms. The number of rotatable bonds is 3. The number of carbonyl (C=O) groups excluding carboxylic acids is 2. The van der Waals surface area contributed by atoms with Crippen LogP contribution in [0.4, 0.5) is 0 Å². The highest BCUT2D eigenvalue weighted by Crippen LogP contribution is 2.63. The maximum absolute atomic E-state index is 13.8. The number of ether oxygens (including phenoxy) is 1. The van der Waals surface area contributed by atoms with Crippen LogP contribution in [0.1, 0.15) is 61.4 Å². The lowest BCUT2D eigenvalue weighted by molar-refractivity contribution is -0.154. The van der Waals surface area contributed by atoms with E-state index in [1.165, 1.54) is 6.92 Å². The van der Waals surface area contributed by atoms with E-state index in [9.17, 15) is 19.8 Å². The second kappa shape index (κ2) is 7.84. The van der Waals surface area contributed by atoms with Crippen LogP contribution in [0.2, 0.25) is 0 Å². The summed E-state index contributed by atoms with van der Waals surface area (Å²) in [6, 6.07) is 12.2. The smallest absolute Gasteiger partial charge is 0.302 e. The molecule has 6 heteroatoms. The van der Waals surface area contributed by atoms with Gasteiger partial charge in [-0.15, -0.1) is 11.8 Å². The van der Waals surface area contributed by atoms with E-state index >= 15 is 0 Å². The van der Waals surface area contributed by atoms with Gasteiger partial charge < -0.3 is 14.9 Å². The van der Waals surface area contributed by atoms with E-state index in [1.54, 1.807) is 36.0 Å². The maximum atomic E-state index is 13.8. The predicted molar refractivity (Wildman–Crippen MR) is 122 cm³/mol. The topological polar surface area (TPSA) is 83.8 Å². The number of aromatic hydroxyl groups is 2. The molecular formula is C26H28O5S. The highest BCUT2D eigenvalue weighted by molar-refractivity contribution is 8.00. The molecule has 3 aliphatic rings. The van der Waals surface area contributed by atoms with Gasteiger partial charge in [-0.1, -0.05) is 13.0 Å². The van der Waals surface area contributed by atoms with Crippen LogP contribution in [-0.2, 0) is 9.53 Å². The molecule has 2 unspecified atom stereocenters. The number of phenols is 2. The van der Waals surface area contributed by atoms with Crippen molar-refractivity contribution in [3.05, 3.63) is 53.6 Å². The summed E-state index contributed by atoms with van der Waals surface area (Å²) in [7, 11) is 0. The monoisotopic (exact) mass is 452 g/mol. The van der Waals surface area contributed by atoms with Crippen LogP contribution >= 0.6 is 11.8 Å². The molecule has 2 N–H and O–H groups in total. The number of benzene rings is 2. The van der Waals surface area contributed by atoms with Gasteiger partial charge in [0, 0.05) is 22.8 Å². The average molecular weight is 453 g/mol. The van der Waals surface area contributed by atoms with E-state index in [1.807, 2.05) is 18.2 Å². The third kappa shape index (κ3) is 3.40. The average Bonchev–Trinajstić information content (AvgIpc) is 3.08. The van der Waals surface area contributed by atoms with Crippen molar-refractivity contribution in [3.8, 4) is 11.5 Å². The Labute approximate surface area is 192 Å². The van der Waals surface area contributed by atoms with Crippen molar-refractivity contribution >= 4 is 23.5 Å². The van der Waals surface area contributed by atoms with Gasteiger partial charge >= 0.3 is 5.97 Å². The van der Waals surface area contributed by atoms with Crippen molar-refractivity contribution in [3.63, 3.8) is 0 Å². The molecule has 2 aromatic rings. The van der Waals surface area contributed by atoms with Crippen LogP contribution in [-0.4, -0.2) is 33.3 Å². The summed E-state index contributed by atoms with van der Waals surface area (Å²) < 4.78 is 5.75. The number of thioether (sulfide) groups is 1. The van der Waals surface area contributed by atoms with Crippen LogP contribution in [0.15, 0.2) is 47.4 Å². The molecule has 168 valence electrons. The van der Waals surface area contributed by atoms with Gasteiger partial charge in [0.15, 0.2) is 5.78 Å². The molecule has 0 spiro atoms.